The fourth-order valence-electron chi connectivity index (χ4n) is 10.3. The molecule has 2 N–H and O–H groups in total. The smallest absolute Gasteiger partial charge is 0.313 e. The van der Waals surface area contributed by atoms with Crippen molar-refractivity contribution in [2.24, 2.45) is 0 Å². The highest BCUT2D eigenvalue weighted by Gasteiger charge is 2.38. The van der Waals surface area contributed by atoms with E-state index in [0.29, 0.717) is 48.6 Å². The molecule has 0 spiro atoms. The molecule has 2 fully saturated rings. The van der Waals surface area contributed by atoms with E-state index < -0.39 is 31.7 Å². The van der Waals surface area contributed by atoms with Crippen molar-refractivity contribution >= 4 is 31.8 Å². The summed E-state index contributed by atoms with van der Waals surface area (Å²) in [6.45, 7) is 1.46. The van der Waals surface area contributed by atoms with Crippen molar-refractivity contribution in [3.63, 3.8) is 0 Å². The van der Waals surface area contributed by atoms with Gasteiger partial charge in [0, 0.05) is 27.4 Å². The van der Waals surface area contributed by atoms with Crippen molar-refractivity contribution in [2.45, 2.75) is 162 Å². The molecule has 0 heterocycles. The lowest BCUT2D eigenvalue weighted by Crippen LogP contribution is -2.30. The van der Waals surface area contributed by atoms with Crippen molar-refractivity contribution in [1.29, 1.82) is 0 Å². The van der Waals surface area contributed by atoms with Gasteiger partial charge >= 0.3 is 20.6 Å². The Kier molecular flexibility index (Phi) is 22.4. The molecule has 70 heavy (non-hydrogen) atoms. The lowest BCUT2D eigenvalue weighted by atomic mass is 9.66. The van der Waals surface area contributed by atoms with Gasteiger partial charge in [0.15, 0.2) is 0 Å². The van der Waals surface area contributed by atoms with Crippen molar-refractivity contribution in [3.8, 4) is 0 Å². The summed E-state index contributed by atoms with van der Waals surface area (Å²) < 4.78 is 137. The highest BCUT2D eigenvalue weighted by molar-refractivity contribution is 7.99. The summed E-state index contributed by atoms with van der Waals surface area (Å²) >= 11 is 2.41. The van der Waals surface area contributed by atoms with Gasteiger partial charge in [-0.05, 0) is 158 Å². The molecule has 6 rings (SSSR count). The third-order valence-corrected chi connectivity index (χ3v) is 17.0. The Labute approximate surface area is 418 Å². The molecule has 0 amide bonds. The maximum absolute atomic E-state index is 14.8. The normalized spacial score (nSPS) is 16.1. The molecule has 2 saturated carbocycles. The van der Waals surface area contributed by atoms with E-state index in [1.54, 1.807) is 24.3 Å². The minimum absolute atomic E-state index is 0.108. The third kappa shape index (κ3) is 17.0. The van der Waals surface area contributed by atoms with Gasteiger partial charge in [0.1, 0.15) is 24.8 Å². The molecule has 0 radical (unpaired) electrons. The summed E-state index contributed by atoms with van der Waals surface area (Å²) in [4.78, 5) is 0.381. The number of benzene rings is 4. The first kappa shape index (κ1) is 56.3. The summed E-state index contributed by atoms with van der Waals surface area (Å²) in [6.07, 6.45) is 6.84. The van der Waals surface area contributed by atoms with Gasteiger partial charge in [0.05, 0.1) is 11.1 Å². The molecule has 2 aliphatic carbocycles. The SMILES string of the molecule is O=[P+](OCCCNCc1ccc(SCCCCC2(c3ccccc3F)CCCCC2)c(C(F)(F)F)c1)OCCCNCc1ccc(SCCCCC2(c3ccccc3F)CCCCC2)c(C(F)(F)F)c1. The monoisotopic (exact) mass is 1040 g/mol. The number of hydrogen-bond donors (Lipinski definition) is 2. The summed E-state index contributed by atoms with van der Waals surface area (Å²) in [5, 5.41) is 6.23. The minimum atomic E-state index is -4.51. The highest BCUT2D eigenvalue weighted by atomic mass is 32.2. The van der Waals surface area contributed by atoms with Gasteiger partial charge in [-0.15, -0.1) is 32.6 Å². The van der Waals surface area contributed by atoms with Gasteiger partial charge in [-0.3, -0.25) is 0 Å². The largest absolute Gasteiger partial charge is 0.697 e. The standard InChI is InChI=1S/C54H68F8N2O3PS2/c55-47-19-5-3-17-43(47)51(25-7-1-8-26-51)29-11-13-35-69-49-23-21-41(37-45(49)53(57,58)59)39-63-31-15-33-66-68(65)67-34-16-32-64-40-42-22-24-50(46(38-42)54(60,61)62)70-36-14-12-30-52(27-9-2-10-28-52)44-18-4-6-20-48(44)56/h3-6,17-24,37-38,63-64H,1-2,7-16,25-36,39-40H2/q+1. The first-order chi connectivity index (χ1) is 33.7. The van der Waals surface area contributed by atoms with Crippen LogP contribution in [0.25, 0.3) is 0 Å². The average molecular weight is 1040 g/mol. The quantitative estimate of drug-likeness (QED) is 0.0254. The van der Waals surface area contributed by atoms with E-state index in [-0.39, 0.29) is 58.6 Å². The molecule has 0 bridgehead atoms. The van der Waals surface area contributed by atoms with Crippen LogP contribution in [0.2, 0.25) is 0 Å². The molecule has 0 unspecified atom stereocenters. The predicted molar refractivity (Wildman–Crippen MR) is 267 cm³/mol. The number of halogens is 8. The first-order valence-electron chi connectivity index (χ1n) is 25.0. The maximum Gasteiger partial charge on any atom is 0.697 e. The second-order valence-corrected chi connectivity index (χ2v) is 22.1. The maximum atomic E-state index is 14.8. The van der Waals surface area contributed by atoms with Crippen molar-refractivity contribution < 1.29 is 48.7 Å². The lowest BCUT2D eigenvalue weighted by molar-refractivity contribution is -0.140. The molecule has 4 aromatic rings. The molecule has 0 aromatic heterocycles. The van der Waals surface area contributed by atoms with E-state index in [1.807, 2.05) is 24.3 Å². The number of nitrogens with one attached hydrogen (secondary N) is 2. The zero-order valence-electron chi connectivity index (χ0n) is 40.0. The van der Waals surface area contributed by atoms with Crippen molar-refractivity contribution in [3.05, 3.63) is 130 Å². The van der Waals surface area contributed by atoms with Crippen LogP contribution in [-0.4, -0.2) is 37.8 Å². The third-order valence-electron chi connectivity index (χ3n) is 13.9. The molecule has 5 nitrogen and oxygen atoms in total. The predicted octanol–water partition coefficient (Wildman–Crippen LogP) is 16.7. The van der Waals surface area contributed by atoms with E-state index in [4.69, 9.17) is 9.05 Å². The summed E-state index contributed by atoms with van der Waals surface area (Å²) in [6, 6.07) is 22.8. The van der Waals surface area contributed by atoms with Gasteiger partial charge in [-0.2, -0.15) is 26.3 Å². The second kappa shape index (κ2) is 27.9. The summed E-state index contributed by atoms with van der Waals surface area (Å²) in [7, 11) is -2.40. The fraction of sp³-hybridized carbons (Fsp3) is 0.556. The number of rotatable bonds is 28. The van der Waals surface area contributed by atoms with E-state index in [2.05, 4.69) is 10.6 Å². The van der Waals surface area contributed by atoms with E-state index in [0.717, 1.165) is 114 Å². The number of thioether (sulfide) groups is 2. The number of hydrogen-bond acceptors (Lipinski definition) is 7. The second-order valence-electron chi connectivity index (χ2n) is 18.9. The summed E-state index contributed by atoms with van der Waals surface area (Å²) in [5.74, 6) is 0.719. The van der Waals surface area contributed by atoms with Gasteiger partial charge < -0.3 is 10.6 Å². The van der Waals surface area contributed by atoms with Crippen LogP contribution < -0.4 is 10.6 Å². The van der Waals surface area contributed by atoms with Crippen molar-refractivity contribution in [2.75, 3.05) is 37.8 Å². The number of unbranched alkanes of at least 4 members (excludes halogenated alkanes) is 2. The first-order valence-corrected chi connectivity index (χ1v) is 28.1. The van der Waals surface area contributed by atoms with Gasteiger partial charge in [0.2, 0.25) is 0 Å². The van der Waals surface area contributed by atoms with Crippen molar-refractivity contribution in [1.82, 2.24) is 10.6 Å². The van der Waals surface area contributed by atoms with Crippen LogP contribution in [0, 0.1) is 11.6 Å². The molecule has 0 saturated heterocycles. The van der Waals surface area contributed by atoms with E-state index in [9.17, 15) is 39.7 Å². The Balaban J connectivity index is 0.822. The Morgan fingerprint density at radius 3 is 1.31 bits per heavy atom. The van der Waals surface area contributed by atoms with Crippen LogP contribution in [-0.2, 0) is 49.9 Å². The molecule has 4 aromatic carbocycles. The van der Waals surface area contributed by atoms with Gasteiger partial charge in [-0.1, -0.05) is 99.9 Å². The fourth-order valence-corrected chi connectivity index (χ4v) is 13.0. The van der Waals surface area contributed by atoms with E-state index >= 15 is 0 Å². The number of alkyl halides is 6. The zero-order chi connectivity index (χ0) is 49.9. The Bertz CT molecular complexity index is 2080. The molecular weight excluding hydrogens is 972 g/mol. The molecular formula is C54H68F8N2O3PS2+. The molecule has 0 atom stereocenters. The average Bonchev–Trinajstić information content (AvgIpc) is 3.34. The Morgan fingerprint density at radius 2 is 0.929 bits per heavy atom. The van der Waals surface area contributed by atoms with Crippen LogP contribution in [0.15, 0.2) is 94.7 Å². The van der Waals surface area contributed by atoms with Crippen LogP contribution >= 0.6 is 31.8 Å². The molecule has 384 valence electrons. The Morgan fingerprint density at radius 1 is 0.529 bits per heavy atom. The topological polar surface area (TPSA) is 59.6 Å². The highest BCUT2D eigenvalue weighted by Crippen LogP contribution is 2.47. The van der Waals surface area contributed by atoms with Crippen LogP contribution in [0.4, 0.5) is 35.1 Å². The Hall–Kier alpha value is -3.04. The van der Waals surface area contributed by atoms with Crippen LogP contribution in [0.3, 0.4) is 0 Å². The zero-order valence-corrected chi connectivity index (χ0v) is 42.5. The molecule has 16 heteroatoms. The van der Waals surface area contributed by atoms with Gasteiger partial charge in [-0.25, -0.2) is 8.78 Å². The van der Waals surface area contributed by atoms with Gasteiger partial charge in [0.25, 0.3) is 0 Å². The van der Waals surface area contributed by atoms with Crippen LogP contribution in [0.1, 0.15) is 149 Å². The van der Waals surface area contributed by atoms with E-state index in [1.165, 1.54) is 59.9 Å². The van der Waals surface area contributed by atoms with Crippen LogP contribution in [0.5, 0.6) is 0 Å². The lowest BCUT2D eigenvalue weighted by Gasteiger charge is -2.38. The molecule has 2 aliphatic rings. The summed E-state index contributed by atoms with van der Waals surface area (Å²) in [5.41, 5.74) is 0.794. The molecule has 0 aliphatic heterocycles. The minimum Gasteiger partial charge on any atom is -0.313 e.